The van der Waals surface area contributed by atoms with Crippen molar-refractivity contribution in [3.8, 4) is 11.1 Å². The maximum absolute atomic E-state index is 2.69. The van der Waals surface area contributed by atoms with E-state index in [9.17, 15) is 0 Å². The second-order valence-electron chi connectivity index (χ2n) is 6.62. The van der Waals surface area contributed by atoms with Crippen molar-refractivity contribution in [1.29, 1.82) is 0 Å². The Morgan fingerprint density at radius 1 is 0.818 bits per heavy atom. The first kappa shape index (κ1) is 15.3. The van der Waals surface area contributed by atoms with Gasteiger partial charge in [-0.05, 0) is 56.0 Å². The van der Waals surface area contributed by atoms with E-state index in [1.165, 1.54) is 49.0 Å². The van der Waals surface area contributed by atoms with Crippen LogP contribution in [0.4, 0.5) is 0 Å². The summed E-state index contributed by atoms with van der Waals surface area (Å²) in [5.41, 5.74) is 4.23. The molecule has 22 heavy (non-hydrogen) atoms. The minimum atomic E-state index is 0.176. The molecule has 1 atom stereocenters. The molecular formula is C21H27N. The topological polar surface area (TPSA) is 3.24 Å². The molecular weight excluding hydrogens is 266 g/mol. The van der Waals surface area contributed by atoms with Crippen molar-refractivity contribution < 1.29 is 0 Å². The van der Waals surface area contributed by atoms with Gasteiger partial charge in [-0.15, -0.1) is 0 Å². The van der Waals surface area contributed by atoms with Gasteiger partial charge in [-0.1, -0.05) is 67.9 Å². The quantitative estimate of drug-likeness (QED) is 0.723. The van der Waals surface area contributed by atoms with E-state index in [-0.39, 0.29) is 5.54 Å². The van der Waals surface area contributed by atoms with Gasteiger partial charge >= 0.3 is 0 Å². The van der Waals surface area contributed by atoms with Crippen LogP contribution in [0, 0.1) is 0 Å². The normalized spacial score (nSPS) is 18.8. The molecule has 116 valence electrons. The standard InChI is InChI=1S/C21H27N/c1-3-21(2,22-16-8-5-9-17-22)20-14-12-19(13-15-20)18-10-6-4-7-11-18/h4,6-7,10-15H,3,5,8-9,16-17H2,1-2H3. The largest absolute Gasteiger partial charge is 0.294 e. The Kier molecular flexibility index (Phi) is 4.63. The van der Waals surface area contributed by atoms with E-state index < -0.39 is 0 Å². The lowest BCUT2D eigenvalue weighted by atomic mass is 9.85. The fourth-order valence-electron chi connectivity index (χ4n) is 3.65. The van der Waals surface area contributed by atoms with Gasteiger partial charge in [-0.25, -0.2) is 0 Å². The average Bonchev–Trinajstić information content (AvgIpc) is 2.63. The maximum atomic E-state index is 2.69. The second-order valence-corrected chi connectivity index (χ2v) is 6.62. The van der Waals surface area contributed by atoms with E-state index in [0.717, 1.165) is 6.42 Å². The molecule has 2 aromatic rings. The zero-order chi connectivity index (χ0) is 15.4. The fourth-order valence-corrected chi connectivity index (χ4v) is 3.65. The number of likely N-dealkylation sites (tertiary alicyclic amines) is 1. The van der Waals surface area contributed by atoms with Crippen LogP contribution in [0.15, 0.2) is 54.6 Å². The predicted octanol–water partition coefficient (Wildman–Crippen LogP) is 5.46. The number of benzene rings is 2. The van der Waals surface area contributed by atoms with Crippen molar-refractivity contribution >= 4 is 0 Å². The monoisotopic (exact) mass is 293 g/mol. The van der Waals surface area contributed by atoms with Crippen LogP contribution in [-0.4, -0.2) is 18.0 Å². The third kappa shape index (κ3) is 2.96. The maximum Gasteiger partial charge on any atom is 0.0429 e. The van der Waals surface area contributed by atoms with Gasteiger partial charge in [-0.2, -0.15) is 0 Å². The number of rotatable bonds is 4. The predicted molar refractivity (Wildman–Crippen MR) is 94.9 cm³/mol. The summed E-state index contributed by atoms with van der Waals surface area (Å²) in [6, 6.07) is 19.9. The van der Waals surface area contributed by atoms with Gasteiger partial charge < -0.3 is 0 Å². The molecule has 1 heteroatoms. The number of nitrogens with zero attached hydrogens (tertiary/aromatic N) is 1. The van der Waals surface area contributed by atoms with Gasteiger partial charge in [0.05, 0.1) is 0 Å². The Morgan fingerprint density at radius 2 is 1.41 bits per heavy atom. The Hall–Kier alpha value is -1.60. The molecule has 0 bridgehead atoms. The number of piperidine rings is 1. The van der Waals surface area contributed by atoms with Crippen molar-refractivity contribution in [2.75, 3.05) is 13.1 Å². The summed E-state index contributed by atoms with van der Waals surface area (Å²) < 4.78 is 0. The minimum absolute atomic E-state index is 0.176. The molecule has 2 aromatic carbocycles. The lowest BCUT2D eigenvalue weighted by Crippen LogP contribution is -2.46. The summed E-state index contributed by atoms with van der Waals surface area (Å²) in [7, 11) is 0. The van der Waals surface area contributed by atoms with Crippen molar-refractivity contribution in [2.24, 2.45) is 0 Å². The molecule has 0 saturated carbocycles. The second kappa shape index (κ2) is 6.66. The molecule has 1 unspecified atom stereocenters. The smallest absolute Gasteiger partial charge is 0.0429 e. The Labute approximate surface area is 135 Å². The molecule has 3 rings (SSSR count). The highest BCUT2D eigenvalue weighted by molar-refractivity contribution is 5.63. The van der Waals surface area contributed by atoms with E-state index in [2.05, 4.69) is 73.3 Å². The van der Waals surface area contributed by atoms with Crippen molar-refractivity contribution in [1.82, 2.24) is 4.90 Å². The third-order valence-electron chi connectivity index (χ3n) is 5.36. The molecule has 1 nitrogen and oxygen atoms in total. The van der Waals surface area contributed by atoms with Gasteiger partial charge in [0.1, 0.15) is 0 Å². The van der Waals surface area contributed by atoms with Gasteiger partial charge in [0.25, 0.3) is 0 Å². The molecule has 1 saturated heterocycles. The Balaban J connectivity index is 1.87. The highest BCUT2D eigenvalue weighted by Crippen LogP contribution is 2.35. The SMILES string of the molecule is CCC(C)(c1ccc(-c2ccccc2)cc1)N1CCCCC1. The lowest BCUT2D eigenvalue weighted by molar-refractivity contribution is 0.0750. The van der Waals surface area contributed by atoms with Gasteiger partial charge in [0, 0.05) is 5.54 Å². The minimum Gasteiger partial charge on any atom is -0.294 e. The third-order valence-corrected chi connectivity index (χ3v) is 5.36. The van der Waals surface area contributed by atoms with Crippen LogP contribution in [0.1, 0.15) is 45.1 Å². The van der Waals surface area contributed by atoms with E-state index in [1.807, 2.05) is 0 Å². The van der Waals surface area contributed by atoms with Gasteiger partial charge in [0.15, 0.2) is 0 Å². The van der Waals surface area contributed by atoms with Crippen LogP contribution >= 0.6 is 0 Å². The van der Waals surface area contributed by atoms with Crippen molar-refractivity contribution in [2.45, 2.75) is 45.1 Å². The van der Waals surface area contributed by atoms with Crippen LogP contribution in [-0.2, 0) is 5.54 Å². The van der Waals surface area contributed by atoms with Crippen LogP contribution in [0.2, 0.25) is 0 Å². The molecule has 0 radical (unpaired) electrons. The van der Waals surface area contributed by atoms with Crippen molar-refractivity contribution in [3.05, 3.63) is 60.2 Å². The Morgan fingerprint density at radius 3 is 2.00 bits per heavy atom. The molecule has 0 spiro atoms. The zero-order valence-corrected chi connectivity index (χ0v) is 13.9. The number of hydrogen-bond acceptors (Lipinski definition) is 1. The molecule has 1 fully saturated rings. The highest BCUT2D eigenvalue weighted by Gasteiger charge is 2.32. The number of hydrogen-bond donors (Lipinski definition) is 0. The Bertz CT molecular complexity index is 581. The molecule has 0 aliphatic carbocycles. The lowest BCUT2D eigenvalue weighted by Gasteiger charge is -2.43. The van der Waals surface area contributed by atoms with E-state index in [0.29, 0.717) is 0 Å². The first-order valence-electron chi connectivity index (χ1n) is 8.65. The molecule has 1 aliphatic rings. The zero-order valence-electron chi connectivity index (χ0n) is 13.9. The van der Waals surface area contributed by atoms with Gasteiger partial charge in [0.2, 0.25) is 0 Å². The van der Waals surface area contributed by atoms with Crippen LogP contribution in [0.3, 0.4) is 0 Å². The fraction of sp³-hybridized carbons (Fsp3) is 0.429. The van der Waals surface area contributed by atoms with Crippen LogP contribution in [0.25, 0.3) is 11.1 Å². The summed E-state index contributed by atoms with van der Waals surface area (Å²) in [5, 5.41) is 0. The summed E-state index contributed by atoms with van der Waals surface area (Å²) >= 11 is 0. The first-order valence-corrected chi connectivity index (χ1v) is 8.65. The summed E-state index contributed by atoms with van der Waals surface area (Å²) in [6.07, 6.45) is 5.25. The highest BCUT2D eigenvalue weighted by atomic mass is 15.2. The molecule has 0 amide bonds. The molecule has 0 aromatic heterocycles. The van der Waals surface area contributed by atoms with E-state index in [1.54, 1.807) is 0 Å². The van der Waals surface area contributed by atoms with E-state index in [4.69, 9.17) is 0 Å². The van der Waals surface area contributed by atoms with Gasteiger partial charge in [-0.3, -0.25) is 4.90 Å². The molecule has 0 N–H and O–H groups in total. The summed E-state index contributed by atoms with van der Waals surface area (Å²) in [5.74, 6) is 0. The first-order chi connectivity index (χ1) is 10.7. The average molecular weight is 293 g/mol. The van der Waals surface area contributed by atoms with Crippen LogP contribution < -0.4 is 0 Å². The molecule has 1 aliphatic heterocycles. The summed E-state index contributed by atoms with van der Waals surface area (Å²) in [6.45, 7) is 7.21. The van der Waals surface area contributed by atoms with Crippen LogP contribution in [0.5, 0.6) is 0 Å². The summed E-state index contributed by atoms with van der Waals surface area (Å²) in [4.78, 5) is 2.69. The van der Waals surface area contributed by atoms with Crippen molar-refractivity contribution in [3.63, 3.8) is 0 Å². The molecule has 1 heterocycles. The van der Waals surface area contributed by atoms with E-state index >= 15 is 0 Å².